The number of nitrogens with zero attached hydrogens (tertiary/aromatic N) is 4. The van der Waals surface area contributed by atoms with E-state index < -0.39 is 0 Å². The first-order valence-electron chi connectivity index (χ1n) is 10.1. The Labute approximate surface area is 168 Å². The Hall–Kier alpha value is -2.09. The van der Waals surface area contributed by atoms with E-state index in [-0.39, 0.29) is 22.4 Å². The second-order valence-corrected chi connectivity index (χ2v) is 10.1. The molecule has 28 heavy (non-hydrogen) atoms. The van der Waals surface area contributed by atoms with Gasteiger partial charge in [0.2, 0.25) is 11.1 Å². The first-order valence-corrected chi connectivity index (χ1v) is 10.9. The van der Waals surface area contributed by atoms with E-state index in [0.717, 1.165) is 42.7 Å². The van der Waals surface area contributed by atoms with Crippen molar-refractivity contribution in [2.24, 2.45) is 17.8 Å². The average Bonchev–Trinajstić information content (AvgIpc) is 3.09. The minimum Gasteiger partial charge on any atom is -0.508 e. The molecule has 1 unspecified atom stereocenters. The van der Waals surface area contributed by atoms with Crippen molar-refractivity contribution < 1.29 is 9.90 Å². The molecule has 1 amide bonds. The van der Waals surface area contributed by atoms with Gasteiger partial charge in [0.25, 0.3) is 0 Å². The molecule has 8 heteroatoms. The molecule has 1 aromatic heterocycles. The largest absolute Gasteiger partial charge is 0.508 e. The normalized spacial score (nSPS) is 31.7. The Morgan fingerprint density at radius 2 is 1.79 bits per heavy atom. The monoisotopic (exact) mass is 399 g/mol. The van der Waals surface area contributed by atoms with Gasteiger partial charge in [-0.05, 0) is 97.9 Å². The minimum atomic E-state index is -0.283. The number of phenolic OH excluding ortho intramolecular Hbond substituents is 1. The lowest BCUT2D eigenvalue weighted by Gasteiger charge is -2.57. The van der Waals surface area contributed by atoms with E-state index in [2.05, 4.69) is 20.8 Å². The van der Waals surface area contributed by atoms with Crippen LogP contribution in [0.4, 0.5) is 0 Å². The van der Waals surface area contributed by atoms with Crippen LogP contribution in [0.3, 0.4) is 0 Å². The van der Waals surface area contributed by atoms with Crippen LogP contribution in [0.5, 0.6) is 5.75 Å². The molecule has 4 bridgehead atoms. The molecule has 1 heterocycles. The maximum atomic E-state index is 13.0. The van der Waals surface area contributed by atoms with E-state index in [1.165, 1.54) is 31.0 Å². The summed E-state index contributed by atoms with van der Waals surface area (Å²) < 4.78 is 1.60. The van der Waals surface area contributed by atoms with Gasteiger partial charge in [-0.1, -0.05) is 11.8 Å². The molecule has 6 rings (SSSR count). The molecule has 148 valence electrons. The van der Waals surface area contributed by atoms with Gasteiger partial charge in [-0.2, -0.15) is 4.68 Å². The number of aromatic nitrogens is 4. The maximum Gasteiger partial charge on any atom is 0.233 e. The van der Waals surface area contributed by atoms with Crippen LogP contribution in [0.1, 0.15) is 45.4 Å². The molecule has 4 fully saturated rings. The highest BCUT2D eigenvalue weighted by molar-refractivity contribution is 8.00. The number of hydrogen-bond acceptors (Lipinski definition) is 6. The molecule has 4 aliphatic rings. The van der Waals surface area contributed by atoms with Gasteiger partial charge in [-0.25, -0.2) is 0 Å². The van der Waals surface area contributed by atoms with Crippen LogP contribution in [0.25, 0.3) is 5.69 Å². The van der Waals surface area contributed by atoms with Gasteiger partial charge < -0.3 is 10.4 Å². The highest BCUT2D eigenvalue weighted by Gasteiger charge is 2.51. The molecule has 2 aromatic rings. The average molecular weight is 400 g/mol. The number of carbonyl (C=O) groups excluding carboxylic acids is 1. The number of thioether (sulfide) groups is 1. The van der Waals surface area contributed by atoms with Crippen LogP contribution in [-0.4, -0.2) is 42.0 Å². The van der Waals surface area contributed by atoms with Crippen LogP contribution in [0.15, 0.2) is 29.4 Å². The summed E-state index contributed by atoms with van der Waals surface area (Å²) in [6.07, 6.45) is 7.52. The molecule has 0 aliphatic heterocycles. The van der Waals surface area contributed by atoms with Crippen molar-refractivity contribution in [1.29, 1.82) is 0 Å². The Morgan fingerprint density at radius 3 is 2.39 bits per heavy atom. The summed E-state index contributed by atoms with van der Waals surface area (Å²) in [5, 5.41) is 25.1. The van der Waals surface area contributed by atoms with Gasteiger partial charge in [-0.3, -0.25) is 4.79 Å². The van der Waals surface area contributed by atoms with Crippen molar-refractivity contribution in [3.05, 3.63) is 24.3 Å². The first kappa shape index (κ1) is 18.0. The number of carbonyl (C=O) groups is 1. The molecular formula is C20H25N5O2S. The van der Waals surface area contributed by atoms with Gasteiger partial charge in [0.15, 0.2) is 0 Å². The quantitative estimate of drug-likeness (QED) is 0.751. The summed E-state index contributed by atoms with van der Waals surface area (Å²) in [4.78, 5) is 13.0. The van der Waals surface area contributed by atoms with Crippen molar-refractivity contribution >= 4 is 17.7 Å². The van der Waals surface area contributed by atoms with E-state index in [4.69, 9.17) is 0 Å². The molecule has 0 spiro atoms. The second kappa shape index (κ2) is 6.76. The molecule has 1 atom stereocenters. The predicted octanol–water partition coefficient (Wildman–Crippen LogP) is 2.93. The lowest BCUT2D eigenvalue weighted by Crippen LogP contribution is -2.60. The van der Waals surface area contributed by atoms with Gasteiger partial charge in [-0.15, -0.1) is 5.10 Å². The topological polar surface area (TPSA) is 92.9 Å². The first-order chi connectivity index (χ1) is 13.5. The number of tetrazole rings is 1. The van der Waals surface area contributed by atoms with Crippen LogP contribution >= 0.6 is 11.8 Å². The fourth-order valence-corrected chi connectivity index (χ4v) is 6.65. The molecule has 4 aliphatic carbocycles. The Kier molecular flexibility index (Phi) is 4.34. The Balaban J connectivity index is 1.28. The zero-order valence-electron chi connectivity index (χ0n) is 15.9. The molecule has 0 saturated heterocycles. The molecule has 7 nitrogen and oxygen atoms in total. The van der Waals surface area contributed by atoms with Crippen molar-refractivity contribution in [3.8, 4) is 11.4 Å². The molecule has 1 aromatic carbocycles. The van der Waals surface area contributed by atoms with E-state index in [1.807, 2.05) is 6.92 Å². The third-order valence-electron chi connectivity index (χ3n) is 6.61. The van der Waals surface area contributed by atoms with Gasteiger partial charge in [0.1, 0.15) is 5.75 Å². The van der Waals surface area contributed by atoms with Gasteiger partial charge in [0.05, 0.1) is 10.9 Å². The predicted molar refractivity (Wildman–Crippen MR) is 105 cm³/mol. The summed E-state index contributed by atoms with van der Waals surface area (Å²) >= 11 is 1.36. The number of amides is 1. The zero-order valence-corrected chi connectivity index (χ0v) is 16.7. The van der Waals surface area contributed by atoms with E-state index >= 15 is 0 Å². The number of benzene rings is 1. The van der Waals surface area contributed by atoms with Crippen LogP contribution < -0.4 is 5.32 Å². The number of hydrogen-bond donors (Lipinski definition) is 2. The standard InChI is InChI=1S/C20H25N5O2S/c1-12(28-19-22-23-24-25(19)16-2-4-17(26)5-3-16)18(27)21-20-9-13-6-14(10-20)8-15(7-13)11-20/h2-5,12-15,26H,6-11H2,1H3,(H,21,27). The molecular weight excluding hydrogens is 374 g/mol. The number of nitrogens with one attached hydrogen (secondary N) is 1. The van der Waals surface area contributed by atoms with Crippen LogP contribution in [0.2, 0.25) is 0 Å². The Bertz CT molecular complexity index is 846. The summed E-state index contributed by atoms with van der Waals surface area (Å²) in [6.45, 7) is 1.91. The highest BCUT2D eigenvalue weighted by Crippen LogP contribution is 2.55. The van der Waals surface area contributed by atoms with Crippen molar-refractivity contribution in [2.75, 3.05) is 0 Å². The zero-order chi connectivity index (χ0) is 19.3. The van der Waals surface area contributed by atoms with Crippen molar-refractivity contribution in [1.82, 2.24) is 25.5 Å². The fourth-order valence-electron chi connectivity index (χ4n) is 5.85. The van der Waals surface area contributed by atoms with Gasteiger partial charge in [0, 0.05) is 5.54 Å². The minimum absolute atomic E-state index is 0.0174. The highest BCUT2D eigenvalue weighted by atomic mass is 32.2. The second-order valence-electron chi connectivity index (χ2n) is 8.84. The number of phenols is 1. The fraction of sp³-hybridized carbons (Fsp3) is 0.600. The van der Waals surface area contributed by atoms with Crippen molar-refractivity contribution in [2.45, 2.75) is 61.4 Å². The van der Waals surface area contributed by atoms with Gasteiger partial charge >= 0.3 is 0 Å². The molecule has 2 N–H and O–H groups in total. The van der Waals surface area contributed by atoms with E-state index in [0.29, 0.717) is 5.16 Å². The summed E-state index contributed by atoms with van der Waals surface area (Å²) in [5.41, 5.74) is 0.766. The van der Waals surface area contributed by atoms with E-state index in [1.54, 1.807) is 28.9 Å². The summed E-state index contributed by atoms with van der Waals surface area (Å²) in [6, 6.07) is 6.68. The lowest BCUT2D eigenvalue weighted by atomic mass is 9.53. The van der Waals surface area contributed by atoms with Crippen molar-refractivity contribution in [3.63, 3.8) is 0 Å². The number of rotatable bonds is 5. The summed E-state index contributed by atoms with van der Waals surface area (Å²) in [5.74, 6) is 2.67. The van der Waals surface area contributed by atoms with E-state index in [9.17, 15) is 9.90 Å². The van der Waals surface area contributed by atoms with Crippen LogP contribution in [0, 0.1) is 17.8 Å². The molecule has 4 saturated carbocycles. The third-order valence-corrected chi connectivity index (χ3v) is 7.65. The lowest BCUT2D eigenvalue weighted by molar-refractivity contribution is -0.126. The third kappa shape index (κ3) is 3.27. The number of aromatic hydroxyl groups is 1. The Morgan fingerprint density at radius 1 is 1.18 bits per heavy atom. The van der Waals surface area contributed by atoms with Crippen LogP contribution in [-0.2, 0) is 4.79 Å². The smallest absolute Gasteiger partial charge is 0.233 e. The molecule has 0 radical (unpaired) electrons. The SMILES string of the molecule is CC(Sc1nnnn1-c1ccc(O)cc1)C(=O)NC12CC3CC(CC(C3)C1)C2. The maximum absolute atomic E-state index is 13.0. The summed E-state index contributed by atoms with van der Waals surface area (Å²) in [7, 11) is 0.